The Bertz CT molecular complexity index is 120. The van der Waals surface area contributed by atoms with Crippen molar-refractivity contribution >= 4 is 0 Å². The standard InChI is InChI=1S/C12H24/c1-5-7-8-10-12(9-6-2)11(3)4/h9,11H,5-8,10H2,1-4H3/b12-9+. The number of unbranched alkanes of at least 4 members (excludes halogenated alkanes) is 2. The molecule has 0 aliphatic heterocycles. The van der Waals surface area contributed by atoms with E-state index in [2.05, 4.69) is 33.8 Å². The van der Waals surface area contributed by atoms with E-state index in [-0.39, 0.29) is 0 Å². The van der Waals surface area contributed by atoms with Gasteiger partial charge in [-0.1, -0.05) is 52.2 Å². The third kappa shape index (κ3) is 5.40. The maximum atomic E-state index is 2.40. The first-order valence-electron chi connectivity index (χ1n) is 5.41. The molecule has 0 saturated heterocycles. The summed E-state index contributed by atoms with van der Waals surface area (Å²) in [5.41, 5.74) is 1.66. The molecular formula is C12H24. The van der Waals surface area contributed by atoms with Crippen LogP contribution in [0.2, 0.25) is 0 Å². The summed E-state index contributed by atoms with van der Waals surface area (Å²) < 4.78 is 0. The molecule has 0 amide bonds. The fraction of sp³-hybridized carbons (Fsp3) is 0.833. The lowest BCUT2D eigenvalue weighted by Gasteiger charge is -2.10. The second kappa shape index (κ2) is 7.39. The van der Waals surface area contributed by atoms with E-state index in [1.807, 2.05) is 0 Å². The van der Waals surface area contributed by atoms with E-state index in [4.69, 9.17) is 0 Å². The Balaban J connectivity index is 3.72. The Morgan fingerprint density at radius 3 is 2.25 bits per heavy atom. The maximum absolute atomic E-state index is 2.40. The summed E-state index contributed by atoms with van der Waals surface area (Å²) in [5.74, 6) is 0.752. The Labute approximate surface area is 78.1 Å². The highest BCUT2D eigenvalue weighted by Crippen LogP contribution is 2.17. The minimum atomic E-state index is 0.752. The minimum absolute atomic E-state index is 0.752. The normalized spacial score (nSPS) is 12.6. The fourth-order valence-electron chi connectivity index (χ4n) is 1.47. The summed E-state index contributed by atoms with van der Waals surface area (Å²) in [6.07, 6.45) is 9.01. The van der Waals surface area contributed by atoms with Crippen LogP contribution >= 0.6 is 0 Å². The van der Waals surface area contributed by atoms with Gasteiger partial charge in [0.2, 0.25) is 0 Å². The van der Waals surface area contributed by atoms with Crippen LogP contribution in [0, 0.1) is 5.92 Å². The van der Waals surface area contributed by atoms with Crippen molar-refractivity contribution in [3.05, 3.63) is 11.6 Å². The van der Waals surface area contributed by atoms with E-state index >= 15 is 0 Å². The molecule has 0 radical (unpaired) electrons. The minimum Gasteiger partial charge on any atom is -0.0853 e. The van der Waals surface area contributed by atoms with E-state index in [0.29, 0.717) is 0 Å². The van der Waals surface area contributed by atoms with Crippen LogP contribution in [-0.4, -0.2) is 0 Å². The predicted octanol–water partition coefficient (Wildman–Crippen LogP) is 4.56. The van der Waals surface area contributed by atoms with Crippen molar-refractivity contribution in [1.29, 1.82) is 0 Å². The number of hydrogen-bond donors (Lipinski definition) is 0. The largest absolute Gasteiger partial charge is 0.0853 e. The highest BCUT2D eigenvalue weighted by molar-refractivity contribution is 5.04. The summed E-state index contributed by atoms with van der Waals surface area (Å²) in [7, 11) is 0. The van der Waals surface area contributed by atoms with Gasteiger partial charge in [0, 0.05) is 0 Å². The van der Waals surface area contributed by atoms with Gasteiger partial charge in [-0.25, -0.2) is 0 Å². The van der Waals surface area contributed by atoms with Crippen LogP contribution in [0.5, 0.6) is 0 Å². The van der Waals surface area contributed by atoms with Gasteiger partial charge in [-0.05, 0) is 25.2 Å². The van der Waals surface area contributed by atoms with Crippen LogP contribution in [0.25, 0.3) is 0 Å². The molecule has 0 spiro atoms. The summed E-state index contributed by atoms with van der Waals surface area (Å²) in [6.45, 7) is 9.08. The molecule has 0 aromatic heterocycles. The zero-order chi connectivity index (χ0) is 9.40. The van der Waals surface area contributed by atoms with Crippen molar-refractivity contribution in [2.45, 2.75) is 59.8 Å². The van der Waals surface area contributed by atoms with Gasteiger partial charge in [0.25, 0.3) is 0 Å². The average molecular weight is 168 g/mol. The molecule has 0 rings (SSSR count). The molecule has 0 aromatic carbocycles. The molecule has 0 fully saturated rings. The van der Waals surface area contributed by atoms with E-state index in [9.17, 15) is 0 Å². The van der Waals surface area contributed by atoms with Crippen molar-refractivity contribution in [1.82, 2.24) is 0 Å². The molecule has 0 N–H and O–H groups in total. The van der Waals surface area contributed by atoms with Crippen LogP contribution in [0.15, 0.2) is 11.6 Å². The Morgan fingerprint density at radius 1 is 1.17 bits per heavy atom. The highest BCUT2D eigenvalue weighted by atomic mass is 14.1. The number of allylic oxidation sites excluding steroid dienone is 2. The van der Waals surface area contributed by atoms with Gasteiger partial charge in [0.15, 0.2) is 0 Å². The number of rotatable bonds is 6. The molecule has 0 nitrogen and oxygen atoms in total. The van der Waals surface area contributed by atoms with Gasteiger partial charge in [-0.15, -0.1) is 0 Å². The van der Waals surface area contributed by atoms with E-state index < -0.39 is 0 Å². The average Bonchev–Trinajstić information content (AvgIpc) is 2.03. The maximum Gasteiger partial charge on any atom is -0.0260 e. The summed E-state index contributed by atoms with van der Waals surface area (Å²) >= 11 is 0. The lowest BCUT2D eigenvalue weighted by Crippen LogP contribution is -1.94. The van der Waals surface area contributed by atoms with Crippen molar-refractivity contribution in [2.75, 3.05) is 0 Å². The van der Waals surface area contributed by atoms with Gasteiger partial charge < -0.3 is 0 Å². The van der Waals surface area contributed by atoms with E-state index in [1.165, 1.54) is 32.1 Å². The first-order valence-corrected chi connectivity index (χ1v) is 5.41. The molecule has 0 aliphatic carbocycles. The predicted molar refractivity (Wildman–Crippen MR) is 57.4 cm³/mol. The molecule has 0 unspecified atom stereocenters. The molecule has 0 bridgehead atoms. The molecule has 0 aromatic rings. The molecule has 0 aliphatic rings. The Morgan fingerprint density at radius 2 is 1.83 bits per heavy atom. The van der Waals surface area contributed by atoms with Crippen LogP contribution < -0.4 is 0 Å². The second-order valence-electron chi connectivity index (χ2n) is 3.80. The molecule has 72 valence electrons. The fourth-order valence-corrected chi connectivity index (χ4v) is 1.47. The lowest BCUT2D eigenvalue weighted by atomic mass is 9.96. The van der Waals surface area contributed by atoms with Gasteiger partial charge in [-0.3, -0.25) is 0 Å². The van der Waals surface area contributed by atoms with Crippen molar-refractivity contribution in [3.8, 4) is 0 Å². The molecule has 0 atom stereocenters. The molecule has 0 saturated carbocycles. The lowest BCUT2D eigenvalue weighted by molar-refractivity contribution is 0.644. The van der Waals surface area contributed by atoms with Gasteiger partial charge in [0.1, 0.15) is 0 Å². The zero-order valence-electron chi connectivity index (χ0n) is 9.19. The molecule has 0 heterocycles. The molecule has 0 heteroatoms. The summed E-state index contributed by atoms with van der Waals surface area (Å²) in [5, 5.41) is 0. The zero-order valence-corrected chi connectivity index (χ0v) is 9.19. The van der Waals surface area contributed by atoms with Gasteiger partial charge in [0.05, 0.1) is 0 Å². The summed E-state index contributed by atoms with van der Waals surface area (Å²) in [6, 6.07) is 0. The number of hydrogen-bond acceptors (Lipinski definition) is 0. The van der Waals surface area contributed by atoms with Crippen LogP contribution in [0.1, 0.15) is 59.8 Å². The van der Waals surface area contributed by atoms with Crippen molar-refractivity contribution < 1.29 is 0 Å². The summed E-state index contributed by atoms with van der Waals surface area (Å²) in [4.78, 5) is 0. The molecular weight excluding hydrogens is 144 g/mol. The molecule has 12 heavy (non-hydrogen) atoms. The van der Waals surface area contributed by atoms with E-state index in [0.717, 1.165) is 5.92 Å². The Kier molecular flexibility index (Phi) is 7.23. The van der Waals surface area contributed by atoms with Crippen molar-refractivity contribution in [3.63, 3.8) is 0 Å². The van der Waals surface area contributed by atoms with E-state index in [1.54, 1.807) is 5.57 Å². The second-order valence-corrected chi connectivity index (χ2v) is 3.80. The first kappa shape index (κ1) is 11.7. The third-order valence-corrected chi connectivity index (χ3v) is 2.28. The quantitative estimate of drug-likeness (QED) is 0.403. The van der Waals surface area contributed by atoms with Crippen LogP contribution in [0.4, 0.5) is 0 Å². The Hall–Kier alpha value is -0.260. The van der Waals surface area contributed by atoms with Crippen molar-refractivity contribution in [2.24, 2.45) is 5.92 Å². The van der Waals surface area contributed by atoms with Gasteiger partial charge >= 0.3 is 0 Å². The highest BCUT2D eigenvalue weighted by Gasteiger charge is 2.01. The first-order chi connectivity index (χ1) is 5.72. The van der Waals surface area contributed by atoms with Crippen LogP contribution in [-0.2, 0) is 0 Å². The van der Waals surface area contributed by atoms with Crippen LogP contribution in [0.3, 0.4) is 0 Å². The third-order valence-electron chi connectivity index (χ3n) is 2.28. The van der Waals surface area contributed by atoms with Gasteiger partial charge in [-0.2, -0.15) is 0 Å². The SMILES string of the molecule is CC/C=C(\CCCCC)C(C)C. The topological polar surface area (TPSA) is 0 Å². The smallest absolute Gasteiger partial charge is 0.0260 e. The monoisotopic (exact) mass is 168 g/mol.